The van der Waals surface area contributed by atoms with E-state index in [4.69, 9.17) is 5.73 Å². The second-order valence-corrected chi connectivity index (χ2v) is 6.63. The molecule has 1 saturated carbocycles. The first-order valence-electron chi connectivity index (χ1n) is 5.76. The molecule has 1 atom stereocenters. The molecule has 2 heterocycles. The van der Waals surface area contributed by atoms with Crippen molar-refractivity contribution < 1.29 is 0 Å². The van der Waals surface area contributed by atoms with Crippen LogP contribution in [0, 0.1) is 12.3 Å². The monoisotopic (exact) mass is 248 g/mol. The third kappa shape index (κ3) is 1.84. The van der Waals surface area contributed by atoms with Crippen LogP contribution >= 0.6 is 11.3 Å². The highest BCUT2D eigenvalue weighted by Gasteiger charge is 2.46. The first kappa shape index (κ1) is 10.8. The molecule has 0 amide bonds. The van der Waals surface area contributed by atoms with Crippen LogP contribution in [0.5, 0.6) is 0 Å². The van der Waals surface area contributed by atoms with Crippen LogP contribution in [0.2, 0.25) is 0 Å². The van der Waals surface area contributed by atoms with Crippen molar-refractivity contribution in [1.29, 1.82) is 0 Å². The lowest BCUT2D eigenvalue weighted by Crippen LogP contribution is -2.11. The summed E-state index contributed by atoms with van der Waals surface area (Å²) >= 11 is 1.66. The maximum Gasteiger partial charge on any atom is 0.223 e. The summed E-state index contributed by atoms with van der Waals surface area (Å²) in [6, 6.07) is 2.62. The summed E-state index contributed by atoms with van der Waals surface area (Å²) in [5.41, 5.74) is 6.11. The van der Waals surface area contributed by atoms with Crippen LogP contribution in [0.1, 0.15) is 25.1 Å². The van der Waals surface area contributed by atoms with E-state index in [1.165, 1.54) is 11.3 Å². The predicted octanol–water partition coefficient (Wildman–Crippen LogP) is 2.79. The van der Waals surface area contributed by atoms with Crippen LogP contribution in [-0.2, 0) is 0 Å². The molecule has 0 aromatic carbocycles. The third-order valence-electron chi connectivity index (χ3n) is 3.36. The average Bonchev–Trinajstić information content (AvgIpc) is 2.64. The predicted molar refractivity (Wildman–Crippen MR) is 72.4 cm³/mol. The summed E-state index contributed by atoms with van der Waals surface area (Å²) in [5.74, 6) is 1.23. The van der Waals surface area contributed by atoms with E-state index in [2.05, 4.69) is 42.1 Å². The van der Waals surface area contributed by atoms with Crippen LogP contribution in [0.4, 0.5) is 11.8 Å². The third-order valence-corrected chi connectivity index (χ3v) is 4.30. The molecule has 1 fully saturated rings. The Morgan fingerprint density at radius 3 is 2.82 bits per heavy atom. The topological polar surface area (TPSA) is 63.8 Å². The zero-order valence-corrected chi connectivity index (χ0v) is 11.1. The van der Waals surface area contributed by atoms with E-state index in [-0.39, 0.29) is 0 Å². The molecule has 17 heavy (non-hydrogen) atoms. The van der Waals surface area contributed by atoms with Gasteiger partial charge in [-0.05, 0) is 24.8 Å². The van der Waals surface area contributed by atoms with Gasteiger partial charge >= 0.3 is 0 Å². The molecular formula is C12H16N4S. The van der Waals surface area contributed by atoms with E-state index >= 15 is 0 Å². The molecule has 2 aromatic rings. The standard InChI is InChI=1S/C12H16N4S/c1-6-4-7-9(14-8-5-12(8,2)3)15-11(13)16-10(7)17-6/h4,8H,5H2,1-3H3,(H3,13,14,15,16). The van der Waals surface area contributed by atoms with E-state index < -0.39 is 0 Å². The zero-order valence-electron chi connectivity index (χ0n) is 10.2. The van der Waals surface area contributed by atoms with E-state index in [1.54, 1.807) is 11.3 Å². The lowest BCUT2D eigenvalue weighted by atomic mass is 10.2. The fourth-order valence-corrected chi connectivity index (χ4v) is 2.93. The number of nitrogens with two attached hydrogens (primary N) is 1. The molecule has 0 bridgehead atoms. The molecule has 5 heteroatoms. The maximum absolute atomic E-state index is 5.74. The Kier molecular flexibility index (Phi) is 2.10. The molecule has 1 unspecified atom stereocenters. The fourth-order valence-electron chi connectivity index (χ4n) is 2.05. The van der Waals surface area contributed by atoms with Crippen LogP contribution in [0.3, 0.4) is 0 Å². The number of nitrogens with zero attached hydrogens (tertiary/aromatic N) is 2. The van der Waals surface area contributed by atoms with Gasteiger partial charge in [-0.1, -0.05) is 13.8 Å². The zero-order chi connectivity index (χ0) is 12.2. The van der Waals surface area contributed by atoms with Crippen molar-refractivity contribution in [2.24, 2.45) is 5.41 Å². The molecule has 4 nitrogen and oxygen atoms in total. The van der Waals surface area contributed by atoms with Crippen molar-refractivity contribution in [1.82, 2.24) is 9.97 Å². The molecule has 3 N–H and O–H groups in total. The van der Waals surface area contributed by atoms with Crippen LogP contribution in [0.15, 0.2) is 6.07 Å². The second kappa shape index (κ2) is 3.32. The Morgan fingerprint density at radius 2 is 2.18 bits per heavy atom. The van der Waals surface area contributed by atoms with Crippen molar-refractivity contribution in [3.63, 3.8) is 0 Å². The Morgan fingerprint density at radius 1 is 1.47 bits per heavy atom. The number of nitrogen functional groups attached to an aromatic ring is 1. The summed E-state index contributed by atoms with van der Waals surface area (Å²) in [4.78, 5) is 10.8. The lowest BCUT2D eigenvalue weighted by molar-refractivity contribution is 0.630. The minimum absolute atomic E-state index is 0.348. The largest absolute Gasteiger partial charge is 0.368 e. The van der Waals surface area contributed by atoms with Gasteiger partial charge in [-0.2, -0.15) is 4.98 Å². The average molecular weight is 248 g/mol. The minimum Gasteiger partial charge on any atom is -0.368 e. The highest BCUT2D eigenvalue weighted by atomic mass is 32.1. The molecule has 3 rings (SSSR count). The highest BCUT2D eigenvalue weighted by molar-refractivity contribution is 7.18. The Labute approximate surface area is 104 Å². The van der Waals surface area contributed by atoms with Crippen LogP contribution < -0.4 is 11.1 Å². The first-order chi connectivity index (χ1) is 7.95. The smallest absolute Gasteiger partial charge is 0.223 e. The molecule has 1 aliphatic rings. The van der Waals surface area contributed by atoms with Gasteiger partial charge in [0.1, 0.15) is 10.6 Å². The molecule has 0 aliphatic heterocycles. The Bertz CT molecular complexity index is 587. The van der Waals surface area contributed by atoms with Crippen LogP contribution in [0.25, 0.3) is 10.2 Å². The van der Waals surface area contributed by atoms with Gasteiger partial charge in [-0.3, -0.25) is 0 Å². The summed E-state index contributed by atoms with van der Waals surface area (Å²) in [7, 11) is 0. The highest BCUT2D eigenvalue weighted by Crippen LogP contribution is 2.47. The quantitative estimate of drug-likeness (QED) is 0.857. The first-order valence-corrected chi connectivity index (χ1v) is 6.57. The van der Waals surface area contributed by atoms with E-state index in [0.717, 1.165) is 16.0 Å². The molecule has 0 saturated heterocycles. The lowest BCUT2D eigenvalue weighted by Gasteiger charge is -2.08. The molecule has 0 radical (unpaired) electrons. The van der Waals surface area contributed by atoms with Crippen LogP contribution in [-0.4, -0.2) is 16.0 Å². The van der Waals surface area contributed by atoms with Gasteiger partial charge in [0.25, 0.3) is 0 Å². The van der Waals surface area contributed by atoms with Crippen molar-refractivity contribution in [3.8, 4) is 0 Å². The summed E-state index contributed by atoms with van der Waals surface area (Å²) < 4.78 is 0. The molecule has 2 aromatic heterocycles. The van der Waals surface area contributed by atoms with Gasteiger partial charge in [0.15, 0.2) is 0 Å². The van der Waals surface area contributed by atoms with Gasteiger partial charge in [0.05, 0.1) is 5.39 Å². The molecule has 1 aliphatic carbocycles. The van der Waals surface area contributed by atoms with E-state index in [1.807, 2.05) is 0 Å². The Balaban J connectivity index is 2.02. The number of aryl methyl sites for hydroxylation is 1. The van der Waals surface area contributed by atoms with Crippen molar-refractivity contribution >= 4 is 33.3 Å². The number of aromatic nitrogens is 2. The number of fused-ring (bicyclic) bond motifs is 1. The number of hydrogen-bond donors (Lipinski definition) is 2. The van der Waals surface area contributed by atoms with Gasteiger partial charge < -0.3 is 11.1 Å². The second-order valence-electron chi connectivity index (χ2n) is 5.40. The number of hydrogen-bond acceptors (Lipinski definition) is 5. The van der Waals surface area contributed by atoms with Gasteiger partial charge in [0, 0.05) is 10.9 Å². The number of thiophene rings is 1. The molecular weight excluding hydrogens is 232 g/mol. The van der Waals surface area contributed by atoms with Crippen molar-refractivity contribution in [2.45, 2.75) is 33.2 Å². The van der Waals surface area contributed by atoms with Gasteiger partial charge in [0.2, 0.25) is 5.95 Å². The Hall–Kier alpha value is -1.36. The van der Waals surface area contributed by atoms with Crippen molar-refractivity contribution in [3.05, 3.63) is 10.9 Å². The summed E-state index contributed by atoms with van der Waals surface area (Å²) in [5, 5.41) is 4.57. The normalized spacial score (nSPS) is 21.7. The maximum atomic E-state index is 5.74. The van der Waals surface area contributed by atoms with Gasteiger partial charge in [-0.15, -0.1) is 11.3 Å². The molecule has 90 valence electrons. The van der Waals surface area contributed by atoms with E-state index in [0.29, 0.717) is 17.4 Å². The fraction of sp³-hybridized carbons (Fsp3) is 0.500. The van der Waals surface area contributed by atoms with Gasteiger partial charge in [-0.25, -0.2) is 4.98 Å². The number of anilines is 2. The number of nitrogens with one attached hydrogen (secondary N) is 1. The molecule has 0 spiro atoms. The number of rotatable bonds is 2. The minimum atomic E-state index is 0.348. The van der Waals surface area contributed by atoms with E-state index in [9.17, 15) is 0 Å². The summed E-state index contributed by atoms with van der Waals surface area (Å²) in [6.45, 7) is 6.59. The van der Waals surface area contributed by atoms with Crippen molar-refractivity contribution in [2.75, 3.05) is 11.1 Å². The summed E-state index contributed by atoms with van der Waals surface area (Å²) in [6.07, 6.45) is 1.18. The SMILES string of the molecule is Cc1cc2c(NC3CC3(C)C)nc(N)nc2s1.